The van der Waals surface area contributed by atoms with Crippen molar-refractivity contribution in [1.29, 1.82) is 10.5 Å². The maximum atomic E-state index is 14.1. The lowest BCUT2D eigenvalue weighted by Gasteiger charge is -2.07. The van der Waals surface area contributed by atoms with Crippen LogP contribution in [0.4, 0.5) is 17.6 Å². The smallest absolute Gasteiger partial charge is 0.226 e. The van der Waals surface area contributed by atoms with Crippen LogP contribution in [0, 0.1) is 59.1 Å². The van der Waals surface area contributed by atoms with Crippen molar-refractivity contribution >= 4 is 11.1 Å². The summed E-state index contributed by atoms with van der Waals surface area (Å²) in [6.45, 7) is 13.7. The first-order chi connectivity index (χ1) is 10.9. The summed E-state index contributed by atoms with van der Waals surface area (Å²) in [6, 6.07) is 2.90. The maximum Gasteiger partial charge on any atom is 0.266 e. The van der Waals surface area contributed by atoms with Crippen LogP contribution in [0.3, 0.4) is 0 Å². The summed E-state index contributed by atoms with van der Waals surface area (Å²) >= 11 is 0. The minimum atomic E-state index is -2.09. The van der Waals surface area contributed by atoms with Gasteiger partial charge in [-0.25, -0.2) is 37.8 Å². The van der Waals surface area contributed by atoms with Crippen LogP contribution in [0.25, 0.3) is 20.8 Å². The van der Waals surface area contributed by atoms with Crippen LogP contribution in [-0.2, 0) is 0 Å². The van der Waals surface area contributed by atoms with E-state index >= 15 is 0 Å². The van der Waals surface area contributed by atoms with E-state index < -0.39 is 52.2 Å². The van der Waals surface area contributed by atoms with E-state index in [0.29, 0.717) is 0 Å². The molecule has 4 nitrogen and oxygen atoms in total. The van der Waals surface area contributed by atoms with Gasteiger partial charge < -0.3 is 0 Å². The highest BCUT2D eigenvalue weighted by Crippen LogP contribution is 2.47. The minimum Gasteiger partial charge on any atom is -0.226 e. The summed E-state index contributed by atoms with van der Waals surface area (Å²) in [5, 5.41) is 17.8. The van der Waals surface area contributed by atoms with Crippen LogP contribution in [0.2, 0.25) is 0 Å². The standard InChI is InChI=1S/C15H2F4N4/c1-22-8(4-20)6-3-7(9(5-21)23-2)11-10(6)12(16)14(18)15(19)13(11)17/h3H2. The molecule has 0 saturated heterocycles. The van der Waals surface area contributed by atoms with Gasteiger partial charge in [-0.2, -0.15) is 0 Å². The number of hydrogen-bond acceptors (Lipinski definition) is 2. The molecular formula is C15H2F4N4. The molecule has 0 spiro atoms. The van der Waals surface area contributed by atoms with Gasteiger partial charge in [0.15, 0.2) is 23.3 Å². The lowest BCUT2D eigenvalue weighted by molar-refractivity contribution is 0.407. The molecule has 0 fully saturated rings. The summed E-state index contributed by atoms with van der Waals surface area (Å²) in [5.74, 6) is -7.74. The molecular weight excluding hydrogens is 312 g/mol. The number of nitrogens with zero attached hydrogens (tertiary/aromatic N) is 4. The van der Waals surface area contributed by atoms with Gasteiger partial charge in [-0.05, 0) is 17.6 Å². The van der Waals surface area contributed by atoms with Gasteiger partial charge in [-0.3, -0.25) is 0 Å². The molecule has 23 heavy (non-hydrogen) atoms. The molecule has 0 atom stereocenters. The van der Waals surface area contributed by atoms with E-state index in [1.165, 1.54) is 12.1 Å². The Morgan fingerprint density at radius 2 is 1.13 bits per heavy atom. The fourth-order valence-electron chi connectivity index (χ4n) is 2.28. The van der Waals surface area contributed by atoms with Gasteiger partial charge in [-0.1, -0.05) is 0 Å². The molecule has 0 saturated carbocycles. The van der Waals surface area contributed by atoms with Crippen LogP contribution in [0.1, 0.15) is 17.5 Å². The summed E-state index contributed by atoms with van der Waals surface area (Å²) in [5.41, 5.74) is -3.71. The topological polar surface area (TPSA) is 56.3 Å². The predicted molar refractivity (Wildman–Crippen MR) is 69.2 cm³/mol. The van der Waals surface area contributed by atoms with Crippen LogP contribution < -0.4 is 0 Å². The van der Waals surface area contributed by atoms with E-state index in [9.17, 15) is 17.6 Å². The van der Waals surface area contributed by atoms with Crippen LogP contribution >= 0.6 is 0 Å². The van der Waals surface area contributed by atoms with E-state index in [-0.39, 0.29) is 11.1 Å². The molecule has 110 valence electrons. The fraction of sp³-hybridized carbons (Fsp3) is 0.0667. The third-order valence-corrected chi connectivity index (χ3v) is 3.23. The molecule has 0 N–H and O–H groups in total. The molecule has 0 bridgehead atoms. The Labute approximate surface area is 127 Å². The quantitative estimate of drug-likeness (QED) is 0.239. The Hall–Kier alpha value is -3.62. The Balaban J connectivity index is 3.11. The molecule has 1 aliphatic carbocycles. The van der Waals surface area contributed by atoms with E-state index in [1.807, 2.05) is 0 Å². The van der Waals surface area contributed by atoms with Gasteiger partial charge in [0, 0.05) is 11.1 Å². The highest BCUT2D eigenvalue weighted by molar-refractivity contribution is 5.97. The van der Waals surface area contributed by atoms with Crippen molar-refractivity contribution in [3.05, 3.63) is 68.6 Å². The molecule has 0 unspecified atom stereocenters. The molecule has 0 heterocycles. The van der Waals surface area contributed by atoms with Gasteiger partial charge in [0.1, 0.15) is 0 Å². The second kappa shape index (κ2) is 5.64. The summed E-state index contributed by atoms with van der Waals surface area (Å²) in [6.07, 6.45) is -0.525. The number of halogens is 4. The molecule has 0 amide bonds. The Morgan fingerprint density at radius 1 is 0.783 bits per heavy atom. The molecule has 0 aliphatic heterocycles. The Kier molecular flexibility index (Phi) is 3.86. The van der Waals surface area contributed by atoms with Crippen molar-refractivity contribution in [2.24, 2.45) is 0 Å². The van der Waals surface area contributed by atoms with Crippen molar-refractivity contribution in [3.63, 3.8) is 0 Å². The zero-order chi connectivity index (χ0) is 17.3. The first kappa shape index (κ1) is 15.8. The number of allylic oxidation sites excluding steroid dienone is 4. The van der Waals surface area contributed by atoms with Crippen molar-refractivity contribution < 1.29 is 17.6 Å². The first-order valence-corrected chi connectivity index (χ1v) is 5.80. The summed E-state index contributed by atoms with van der Waals surface area (Å²) in [4.78, 5) is 5.67. The highest BCUT2D eigenvalue weighted by Gasteiger charge is 2.36. The molecule has 1 aromatic carbocycles. The van der Waals surface area contributed by atoms with E-state index in [4.69, 9.17) is 23.7 Å². The van der Waals surface area contributed by atoms with Gasteiger partial charge in [0.25, 0.3) is 11.4 Å². The zero-order valence-corrected chi connectivity index (χ0v) is 11.0. The first-order valence-electron chi connectivity index (χ1n) is 5.80. The van der Waals surface area contributed by atoms with Crippen LogP contribution in [0.15, 0.2) is 11.4 Å². The second-order valence-corrected chi connectivity index (χ2v) is 4.28. The average molecular weight is 314 g/mol. The second-order valence-electron chi connectivity index (χ2n) is 4.28. The van der Waals surface area contributed by atoms with E-state index in [2.05, 4.69) is 9.69 Å². The minimum absolute atomic E-state index is 0.390. The Bertz CT molecular complexity index is 864. The monoisotopic (exact) mass is 314 g/mol. The summed E-state index contributed by atoms with van der Waals surface area (Å²) in [7, 11) is 0. The van der Waals surface area contributed by atoms with Gasteiger partial charge >= 0.3 is 0 Å². The number of nitriles is 2. The number of rotatable bonds is 0. The molecule has 0 radical (unpaired) electrons. The lowest BCUT2D eigenvalue weighted by atomic mass is 10.0. The third-order valence-electron chi connectivity index (χ3n) is 3.23. The predicted octanol–water partition coefficient (Wildman–Crippen LogP) is 3.95. The van der Waals surface area contributed by atoms with Crippen molar-refractivity contribution in [3.8, 4) is 12.1 Å². The van der Waals surface area contributed by atoms with Crippen molar-refractivity contribution in [1.82, 2.24) is 0 Å². The largest absolute Gasteiger partial charge is 0.266 e. The highest BCUT2D eigenvalue weighted by atomic mass is 19.2. The van der Waals surface area contributed by atoms with E-state index in [0.717, 1.165) is 0 Å². The Morgan fingerprint density at radius 3 is 1.39 bits per heavy atom. The molecule has 1 aliphatic rings. The third kappa shape index (κ3) is 2.11. The maximum absolute atomic E-state index is 14.1. The fourth-order valence-corrected chi connectivity index (χ4v) is 2.28. The molecule has 2 rings (SSSR count). The number of benzene rings is 1. The molecule has 8 heteroatoms. The number of fused-ring (bicyclic) bond motifs is 1. The van der Waals surface area contributed by atoms with Gasteiger partial charge in [0.05, 0.1) is 25.3 Å². The van der Waals surface area contributed by atoms with Crippen LogP contribution in [0.5, 0.6) is 0 Å². The molecule has 0 aromatic heterocycles. The van der Waals surface area contributed by atoms with Crippen molar-refractivity contribution in [2.45, 2.75) is 6.42 Å². The van der Waals surface area contributed by atoms with Gasteiger partial charge in [-0.15, -0.1) is 0 Å². The summed E-state index contributed by atoms with van der Waals surface area (Å²) < 4.78 is 55.1. The SMILES string of the molecule is [C-]#[N+]C(C#N)=C1CC(=C(C#N)[N+]#[C-])c2c(F)c(F)c(F)c(F)c21. The van der Waals surface area contributed by atoms with Gasteiger partial charge in [0.2, 0.25) is 0 Å². The average Bonchev–Trinajstić information content (AvgIpc) is 2.94. The van der Waals surface area contributed by atoms with Crippen molar-refractivity contribution in [2.75, 3.05) is 0 Å². The number of hydrogen-bond donors (Lipinski definition) is 0. The van der Waals surface area contributed by atoms with Crippen LogP contribution in [-0.4, -0.2) is 0 Å². The zero-order valence-electron chi connectivity index (χ0n) is 11.0. The lowest BCUT2D eigenvalue weighted by Crippen LogP contribution is -2.03. The van der Waals surface area contributed by atoms with E-state index in [1.54, 1.807) is 0 Å². The normalized spacial score (nSPS) is 16.5. The molecule has 1 aromatic rings.